The number of benzene rings is 1. The number of carbonyl (C=O) groups excluding carboxylic acids is 1. The van der Waals surface area contributed by atoms with Crippen LogP contribution in [0.25, 0.3) is 15.9 Å². The molecule has 1 saturated heterocycles. The highest BCUT2D eigenvalue weighted by atomic mass is 32.1. The normalized spacial score (nSPS) is 13.8. The maximum absolute atomic E-state index is 13.0. The lowest BCUT2D eigenvalue weighted by Gasteiger charge is -2.30. The molecular weight excluding hydrogens is 466 g/mol. The van der Waals surface area contributed by atoms with Crippen molar-refractivity contribution in [1.82, 2.24) is 25.2 Å². The first-order valence-electron chi connectivity index (χ1n) is 11.4. The SMILES string of the molecule is CNCCOc1ccc2c(O)n(-c3nc(C(=O)Nc4cnccc4N4CCNCC4)cs3)cc2c1. The Bertz CT molecular complexity index is 1330. The maximum Gasteiger partial charge on any atom is 0.275 e. The monoisotopic (exact) mass is 493 g/mol. The predicted octanol–water partition coefficient (Wildman–Crippen LogP) is 2.45. The van der Waals surface area contributed by atoms with E-state index in [0.29, 0.717) is 22.8 Å². The summed E-state index contributed by atoms with van der Waals surface area (Å²) in [4.78, 5) is 23.9. The van der Waals surface area contributed by atoms with E-state index in [1.54, 1.807) is 28.5 Å². The molecular formula is C24H27N7O3S. The lowest BCUT2D eigenvalue weighted by Crippen LogP contribution is -2.43. The molecule has 182 valence electrons. The van der Waals surface area contributed by atoms with Crippen LogP contribution in [-0.4, -0.2) is 71.9 Å². The number of aromatic nitrogens is 3. The largest absolute Gasteiger partial charge is 0.494 e. The van der Waals surface area contributed by atoms with Crippen LogP contribution in [0.2, 0.25) is 0 Å². The first kappa shape index (κ1) is 23.1. The quantitative estimate of drug-likeness (QED) is 0.277. The topological polar surface area (TPSA) is 117 Å². The molecule has 0 spiro atoms. The number of nitrogens with zero attached hydrogens (tertiary/aromatic N) is 4. The number of thiazole rings is 1. The first-order valence-corrected chi connectivity index (χ1v) is 12.3. The van der Waals surface area contributed by atoms with Gasteiger partial charge in [0.1, 0.15) is 18.1 Å². The summed E-state index contributed by atoms with van der Waals surface area (Å²) in [5.41, 5.74) is 1.86. The lowest BCUT2D eigenvalue weighted by molar-refractivity contribution is 0.102. The standard InChI is InChI=1S/C24H27N7O3S/c1-25-8-11-34-17-2-3-18-16(12-17)14-31(23(18)33)24-29-20(15-35-24)22(32)28-19-13-27-5-4-21(19)30-9-6-26-7-10-30/h2-5,12-15,25-26,33H,6-11H2,1H3,(H,28,32). The molecule has 10 nitrogen and oxygen atoms in total. The van der Waals surface area contributed by atoms with Gasteiger partial charge in [0.25, 0.3) is 5.91 Å². The smallest absolute Gasteiger partial charge is 0.275 e. The van der Waals surface area contributed by atoms with Gasteiger partial charge < -0.3 is 30.7 Å². The van der Waals surface area contributed by atoms with Crippen molar-refractivity contribution >= 4 is 39.4 Å². The van der Waals surface area contributed by atoms with E-state index in [9.17, 15) is 9.90 Å². The van der Waals surface area contributed by atoms with Crippen LogP contribution in [0, 0.1) is 0 Å². The van der Waals surface area contributed by atoms with E-state index in [-0.39, 0.29) is 17.5 Å². The molecule has 3 aromatic heterocycles. The van der Waals surface area contributed by atoms with Crippen LogP contribution in [-0.2, 0) is 0 Å². The van der Waals surface area contributed by atoms with E-state index in [1.807, 2.05) is 31.3 Å². The van der Waals surface area contributed by atoms with Crippen LogP contribution >= 0.6 is 11.3 Å². The molecule has 0 saturated carbocycles. The summed E-state index contributed by atoms with van der Waals surface area (Å²) in [5, 5.41) is 23.8. The van der Waals surface area contributed by atoms with Crippen molar-refractivity contribution in [2.75, 3.05) is 56.6 Å². The number of fused-ring (bicyclic) bond motifs is 1. The molecule has 0 aliphatic carbocycles. The third-order valence-electron chi connectivity index (χ3n) is 5.82. The second-order valence-corrected chi connectivity index (χ2v) is 8.96. The third-order valence-corrected chi connectivity index (χ3v) is 6.66. The maximum atomic E-state index is 13.0. The van der Waals surface area contributed by atoms with Crippen molar-refractivity contribution in [3.63, 3.8) is 0 Å². The minimum absolute atomic E-state index is 0.0661. The summed E-state index contributed by atoms with van der Waals surface area (Å²) < 4.78 is 7.31. The van der Waals surface area contributed by atoms with Crippen molar-refractivity contribution in [3.8, 4) is 16.8 Å². The summed E-state index contributed by atoms with van der Waals surface area (Å²) in [6.07, 6.45) is 5.17. The molecule has 1 aromatic carbocycles. The van der Waals surface area contributed by atoms with Gasteiger partial charge in [0, 0.05) is 61.3 Å². The number of aromatic hydroxyl groups is 1. The predicted molar refractivity (Wildman–Crippen MR) is 137 cm³/mol. The van der Waals surface area contributed by atoms with Crippen molar-refractivity contribution in [3.05, 3.63) is 53.9 Å². The van der Waals surface area contributed by atoms with Crippen LogP contribution in [0.4, 0.5) is 11.4 Å². The zero-order valence-electron chi connectivity index (χ0n) is 19.3. The molecule has 4 aromatic rings. The van der Waals surface area contributed by atoms with Crippen LogP contribution in [0.1, 0.15) is 10.5 Å². The van der Waals surface area contributed by atoms with E-state index in [1.165, 1.54) is 11.3 Å². The molecule has 0 unspecified atom stereocenters. The van der Waals surface area contributed by atoms with Crippen molar-refractivity contribution < 1.29 is 14.6 Å². The minimum atomic E-state index is -0.326. The number of likely N-dealkylation sites (N-methyl/N-ethyl adjacent to an activating group) is 1. The number of piperazine rings is 1. The Labute approximate surface area is 206 Å². The summed E-state index contributed by atoms with van der Waals surface area (Å²) in [6.45, 7) is 4.79. The average Bonchev–Trinajstić information content (AvgIpc) is 3.50. The molecule has 4 heterocycles. The fraction of sp³-hybridized carbons (Fsp3) is 0.292. The Balaban J connectivity index is 1.35. The number of carbonyl (C=O) groups is 1. The van der Waals surface area contributed by atoms with Crippen molar-refractivity contribution in [2.24, 2.45) is 0 Å². The molecule has 0 atom stereocenters. The Morgan fingerprint density at radius 1 is 1.29 bits per heavy atom. The highest BCUT2D eigenvalue weighted by molar-refractivity contribution is 7.12. The molecule has 11 heteroatoms. The molecule has 1 aliphatic rings. The van der Waals surface area contributed by atoms with Gasteiger partial charge in [-0.25, -0.2) is 4.98 Å². The summed E-state index contributed by atoms with van der Waals surface area (Å²) in [7, 11) is 1.87. The van der Waals surface area contributed by atoms with Crippen molar-refractivity contribution in [2.45, 2.75) is 0 Å². The Hall–Kier alpha value is -3.67. The number of nitrogens with one attached hydrogen (secondary N) is 3. The number of anilines is 2. The van der Waals surface area contributed by atoms with E-state index in [2.05, 4.69) is 30.8 Å². The number of amides is 1. The van der Waals surface area contributed by atoms with Crippen LogP contribution in [0.5, 0.6) is 11.6 Å². The van der Waals surface area contributed by atoms with E-state index in [0.717, 1.165) is 49.5 Å². The minimum Gasteiger partial charge on any atom is -0.494 e. The van der Waals surface area contributed by atoms with Gasteiger partial charge in [0.2, 0.25) is 5.88 Å². The molecule has 1 fully saturated rings. The van der Waals surface area contributed by atoms with Crippen LogP contribution in [0.15, 0.2) is 48.2 Å². The Morgan fingerprint density at radius 3 is 2.97 bits per heavy atom. The summed E-state index contributed by atoms with van der Waals surface area (Å²) in [5.74, 6) is 0.463. The highest BCUT2D eigenvalue weighted by Crippen LogP contribution is 2.33. The second kappa shape index (κ2) is 10.3. The molecule has 4 N–H and O–H groups in total. The van der Waals surface area contributed by atoms with Gasteiger partial charge in [0.05, 0.1) is 17.6 Å². The van der Waals surface area contributed by atoms with Gasteiger partial charge in [-0.15, -0.1) is 11.3 Å². The third kappa shape index (κ3) is 4.92. The fourth-order valence-electron chi connectivity index (χ4n) is 4.02. The number of hydrogen-bond acceptors (Lipinski definition) is 9. The van der Waals surface area contributed by atoms with E-state index >= 15 is 0 Å². The van der Waals surface area contributed by atoms with Gasteiger partial charge in [-0.1, -0.05) is 0 Å². The molecule has 5 rings (SSSR count). The molecule has 0 bridgehead atoms. The number of ether oxygens (including phenoxy) is 1. The zero-order chi connectivity index (χ0) is 24.2. The first-order chi connectivity index (χ1) is 17.1. The van der Waals surface area contributed by atoms with Gasteiger partial charge in [0.15, 0.2) is 5.13 Å². The zero-order valence-corrected chi connectivity index (χ0v) is 20.1. The van der Waals surface area contributed by atoms with E-state index in [4.69, 9.17) is 4.74 Å². The molecule has 1 aliphatic heterocycles. The molecule has 35 heavy (non-hydrogen) atoms. The van der Waals surface area contributed by atoms with Gasteiger partial charge >= 0.3 is 0 Å². The average molecular weight is 494 g/mol. The molecule has 0 radical (unpaired) electrons. The van der Waals surface area contributed by atoms with Crippen LogP contribution < -0.4 is 25.6 Å². The Kier molecular flexibility index (Phi) is 6.80. The number of rotatable bonds is 8. The van der Waals surface area contributed by atoms with E-state index < -0.39 is 0 Å². The van der Waals surface area contributed by atoms with Crippen LogP contribution in [0.3, 0.4) is 0 Å². The summed E-state index contributed by atoms with van der Waals surface area (Å²) >= 11 is 1.28. The van der Waals surface area contributed by atoms with Gasteiger partial charge in [-0.3, -0.25) is 14.3 Å². The van der Waals surface area contributed by atoms with Gasteiger partial charge in [-0.2, -0.15) is 0 Å². The number of pyridine rings is 1. The Morgan fingerprint density at radius 2 is 2.14 bits per heavy atom. The highest BCUT2D eigenvalue weighted by Gasteiger charge is 2.19. The second-order valence-electron chi connectivity index (χ2n) is 8.12. The number of hydrogen-bond donors (Lipinski definition) is 4. The summed E-state index contributed by atoms with van der Waals surface area (Å²) in [6, 6.07) is 7.43. The fourth-order valence-corrected chi connectivity index (χ4v) is 4.80. The molecule has 1 amide bonds. The van der Waals surface area contributed by atoms with Crippen molar-refractivity contribution in [1.29, 1.82) is 0 Å². The lowest BCUT2D eigenvalue weighted by atomic mass is 10.2. The van der Waals surface area contributed by atoms with Gasteiger partial charge in [-0.05, 0) is 31.3 Å².